The van der Waals surface area contributed by atoms with Crippen LogP contribution in [0.5, 0.6) is 0 Å². The molecule has 116 valence electrons. The van der Waals surface area contributed by atoms with E-state index in [9.17, 15) is 9.18 Å². The van der Waals surface area contributed by atoms with Crippen molar-refractivity contribution in [1.29, 1.82) is 0 Å². The summed E-state index contributed by atoms with van der Waals surface area (Å²) in [5.41, 5.74) is 0.476. The smallest absolute Gasteiger partial charge is 0.307 e. The van der Waals surface area contributed by atoms with E-state index in [0.717, 1.165) is 12.3 Å². The molecule has 9 heteroatoms. The molecule has 0 fully saturated rings. The monoisotopic (exact) mass is 401 g/mol. The summed E-state index contributed by atoms with van der Waals surface area (Å²) in [7, 11) is 0. The number of halogens is 6. The van der Waals surface area contributed by atoms with Crippen LogP contribution >= 0.6 is 58.0 Å². The number of carboxylic acid groups (broad SMARTS) is 1. The summed E-state index contributed by atoms with van der Waals surface area (Å²) >= 11 is 30.1. The van der Waals surface area contributed by atoms with Crippen LogP contribution in [-0.2, 0) is 11.2 Å². The minimum Gasteiger partial charge on any atom is -0.481 e. The van der Waals surface area contributed by atoms with Gasteiger partial charge in [-0.05, 0) is 11.6 Å². The Morgan fingerprint density at radius 1 is 1.05 bits per heavy atom. The van der Waals surface area contributed by atoms with Crippen LogP contribution in [0.2, 0.25) is 25.1 Å². The van der Waals surface area contributed by atoms with Crippen molar-refractivity contribution in [1.82, 2.24) is 4.98 Å². The quantitative estimate of drug-likeness (QED) is 0.401. The lowest BCUT2D eigenvalue weighted by atomic mass is 9.99. The number of aliphatic carboxylic acids is 1. The fourth-order valence-electron chi connectivity index (χ4n) is 1.84. The second-order valence-corrected chi connectivity index (χ2v) is 6.07. The molecule has 2 aromatic rings. The summed E-state index contributed by atoms with van der Waals surface area (Å²) < 4.78 is 13.3. The Labute approximate surface area is 149 Å². The first-order chi connectivity index (χ1) is 10.2. The minimum atomic E-state index is -1.16. The zero-order chi connectivity index (χ0) is 16.6. The predicted molar refractivity (Wildman–Crippen MR) is 86.0 cm³/mol. The molecule has 0 bridgehead atoms. The lowest BCUT2D eigenvalue weighted by Gasteiger charge is -2.15. The number of rotatable bonds is 3. The number of nitrogens with zero attached hydrogens (tertiary/aromatic N) is 1. The Balaban J connectivity index is 2.80. The Hall–Kier alpha value is -0.780. The third-order valence-corrected chi connectivity index (χ3v) is 5.05. The Morgan fingerprint density at radius 2 is 1.55 bits per heavy atom. The van der Waals surface area contributed by atoms with E-state index in [1.54, 1.807) is 0 Å². The highest BCUT2D eigenvalue weighted by Crippen LogP contribution is 2.48. The molecule has 22 heavy (non-hydrogen) atoms. The van der Waals surface area contributed by atoms with Gasteiger partial charge in [-0.1, -0.05) is 58.0 Å². The SMILES string of the molecule is O=C(O)Cc1cc(F)ncc1-c1c(Cl)c(Cl)c(Cl)c(Cl)c1Cl. The van der Waals surface area contributed by atoms with E-state index >= 15 is 0 Å². The number of hydrogen-bond acceptors (Lipinski definition) is 2. The van der Waals surface area contributed by atoms with E-state index in [0.29, 0.717) is 0 Å². The topological polar surface area (TPSA) is 50.2 Å². The number of carboxylic acids is 1. The molecule has 0 saturated heterocycles. The molecular weight excluding hydrogens is 398 g/mol. The number of aromatic nitrogens is 1. The van der Waals surface area contributed by atoms with Crippen LogP contribution < -0.4 is 0 Å². The maximum atomic E-state index is 13.3. The summed E-state index contributed by atoms with van der Waals surface area (Å²) in [6.07, 6.45) is 0.653. The summed E-state index contributed by atoms with van der Waals surface area (Å²) in [4.78, 5) is 14.4. The Kier molecular flexibility index (Phi) is 5.41. The van der Waals surface area contributed by atoms with Gasteiger partial charge in [-0.2, -0.15) is 4.39 Å². The zero-order valence-electron chi connectivity index (χ0n) is 10.4. The molecule has 1 N–H and O–H groups in total. The van der Waals surface area contributed by atoms with E-state index in [1.165, 1.54) is 0 Å². The van der Waals surface area contributed by atoms with Gasteiger partial charge >= 0.3 is 5.97 Å². The summed E-state index contributed by atoms with van der Waals surface area (Å²) in [5, 5.41) is 8.77. The third kappa shape index (κ3) is 3.26. The van der Waals surface area contributed by atoms with Crippen molar-refractivity contribution in [2.75, 3.05) is 0 Å². The van der Waals surface area contributed by atoms with Crippen molar-refractivity contribution in [3.05, 3.63) is 48.9 Å². The van der Waals surface area contributed by atoms with E-state index in [4.69, 9.17) is 63.1 Å². The molecule has 0 saturated carbocycles. The van der Waals surface area contributed by atoms with Crippen molar-refractivity contribution in [2.45, 2.75) is 6.42 Å². The first kappa shape index (κ1) is 17.6. The summed E-state index contributed by atoms with van der Waals surface area (Å²) in [6, 6.07) is 0.979. The Bertz CT molecular complexity index is 753. The van der Waals surface area contributed by atoms with E-state index in [1.807, 2.05) is 0 Å². The van der Waals surface area contributed by atoms with Crippen molar-refractivity contribution in [3.63, 3.8) is 0 Å². The van der Waals surface area contributed by atoms with Crippen molar-refractivity contribution in [2.24, 2.45) is 0 Å². The maximum Gasteiger partial charge on any atom is 0.307 e. The molecule has 1 aromatic heterocycles. The van der Waals surface area contributed by atoms with Gasteiger partial charge in [0, 0.05) is 17.3 Å². The lowest BCUT2D eigenvalue weighted by molar-refractivity contribution is -0.136. The highest BCUT2D eigenvalue weighted by atomic mass is 35.5. The minimum absolute atomic E-state index is 0.0267. The molecule has 0 aliphatic rings. The largest absolute Gasteiger partial charge is 0.481 e. The number of carbonyl (C=O) groups is 1. The molecule has 0 aliphatic carbocycles. The molecule has 1 aromatic carbocycles. The molecule has 2 rings (SSSR count). The van der Waals surface area contributed by atoms with Crippen LogP contribution in [0, 0.1) is 5.95 Å². The fraction of sp³-hybridized carbons (Fsp3) is 0.0769. The second-order valence-electron chi connectivity index (χ2n) is 4.18. The number of hydrogen-bond donors (Lipinski definition) is 1. The molecule has 0 spiro atoms. The number of benzene rings is 1. The standard InChI is InChI=1S/C13H5Cl5FNO2/c14-9-8(10(15)12(17)13(18)11(9)16)5-3-20-6(19)1-4(5)2-7(21)22/h1,3H,2H2,(H,21,22). The van der Waals surface area contributed by atoms with Crippen molar-refractivity contribution < 1.29 is 14.3 Å². The van der Waals surface area contributed by atoms with Crippen LogP contribution in [0.25, 0.3) is 11.1 Å². The maximum absolute atomic E-state index is 13.3. The van der Waals surface area contributed by atoms with Crippen LogP contribution in [-0.4, -0.2) is 16.1 Å². The van der Waals surface area contributed by atoms with Crippen LogP contribution in [0.1, 0.15) is 5.56 Å². The average molecular weight is 403 g/mol. The van der Waals surface area contributed by atoms with Gasteiger partial charge in [0.15, 0.2) is 0 Å². The summed E-state index contributed by atoms with van der Waals surface area (Å²) in [5.74, 6) is -2.00. The molecule has 3 nitrogen and oxygen atoms in total. The van der Waals surface area contributed by atoms with Crippen LogP contribution in [0.4, 0.5) is 4.39 Å². The molecule has 0 amide bonds. The van der Waals surface area contributed by atoms with Gasteiger partial charge in [-0.3, -0.25) is 4.79 Å². The Morgan fingerprint density at radius 3 is 2.05 bits per heavy atom. The normalized spacial score (nSPS) is 10.8. The van der Waals surface area contributed by atoms with Crippen LogP contribution in [0.3, 0.4) is 0 Å². The molecule has 0 radical (unpaired) electrons. The lowest BCUT2D eigenvalue weighted by Crippen LogP contribution is -2.04. The van der Waals surface area contributed by atoms with Gasteiger partial charge in [-0.15, -0.1) is 0 Å². The number of pyridine rings is 1. The van der Waals surface area contributed by atoms with Gasteiger partial charge in [0.25, 0.3) is 0 Å². The predicted octanol–water partition coefficient (Wildman–Crippen LogP) is 5.78. The molecule has 1 heterocycles. The van der Waals surface area contributed by atoms with Crippen molar-refractivity contribution >= 4 is 64.0 Å². The van der Waals surface area contributed by atoms with Gasteiger partial charge in [0.2, 0.25) is 5.95 Å². The molecular formula is C13H5Cl5FNO2. The average Bonchev–Trinajstić information content (AvgIpc) is 2.45. The zero-order valence-corrected chi connectivity index (χ0v) is 14.2. The van der Waals surface area contributed by atoms with Gasteiger partial charge in [0.05, 0.1) is 31.5 Å². The molecule has 0 unspecified atom stereocenters. The van der Waals surface area contributed by atoms with Gasteiger partial charge < -0.3 is 5.11 Å². The van der Waals surface area contributed by atoms with Gasteiger partial charge in [0.1, 0.15) is 0 Å². The van der Waals surface area contributed by atoms with E-state index in [2.05, 4.69) is 4.98 Å². The van der Waals surface area contributed by atoms with E-state index in [-0.39, 0.29) is 41.8 Å². The fourth-order valence-corrected chi connectivity index (χ4v) is 3.19. The first-order valence-corrected chi connectivity index (χ1v) is 7.51. The highest BCUT2D eigenvalue weighted by molar-refractivity contribution is 6.56. The third-order valence-electron chi connectivity index (χ3n) is 2.78. The molecule has 0 aliphatic heterocycles. The highest BCUT2D eigenvalue weighted by Gasteiger charge is 2.23. The van der Waals surface area contributed by atoms with Gasteiger partial charge in [-0.25, -0.2) is 4.98 Å². The second kappa shape index (κ2) is 6.77. The van der Waals surface area contributed by atoms with E-state index < -0.39 is 18.3 Å². The van der Waals surface area contributed by atoms with Crippen LogP contribution in [0.15, 0.2) is 12.3 Å². The van der Waals surface area contributed by atoms with Crippen molar-refractivity contribution in [3.8, 4) is 11.1 Å². The molecule has 0 atom stereocenters. The summed E-state index contributed by atoms with van der Waals surface area (Å²) in [6.45, 7) is 0. The first-order valence-electron chi connectivity index (χ1n) is 5.62.